The number of carbonyl (C=O) groups excluding carboxylic acids is 3. The van der Waals surface area contributed by atoms with Crippen LogP contribution in [-0.2, 0) is 28.6 Å². The van der Waals surface area contributed by atoms with Crippen molar-refractivity contribution >= 4 is 17.9 Å². The molecular formula is C77H130O6. The third kappa shape index (κ3) is 68.5. The van der Waals surface area contributed by atoms with Crippen molar-refractivity contribution in [2.24, 2.45) is 0 Å². The highest BCUT2D eigenvalue weighted by Gasteiger charge is 2.19. The Balaban J connectivity index is 4.43. The Morgan fingerprint density at radius 2 is 0.470 bits per heavy atom. The predicted octanol–water partition coefficient (Wildman–Crippen LogP) is 24.3. The molecule has 0 fully saturated rings. The molecule has 0 aliphatic carbocycles. The minimum absolute atomic E-state index is 0.0893. The minimum atomic E-state index is -0.797. The van der Waals surface area contributed by atoms with E-state index in [-0.39, 0.29) is 31.1 Å². The highest BCUT2D eigenvalue weighted by molar-refractivity contribution is 5.71. The fraction of sp³-hybridized carbons (Fsp3) is 0.701. The lowest BCUT2D eigenvalue weighted by molar-refractivity contribution is -0.167. The molecule has 1 atom stereocenters. The first-order valence-electron chi connectivity index (χ1n) is 35.0. The average molecular weight is 1150 g/mol. The van der Waals surface area contributed by atoms with E-state index in [2.05, 4.69) is 142 Å². The molecule has 0 heterocycles. The number of unbranched alkanes of at least 4 members (excludes halogenated alkanes) is 32. The fourth-order valence-corrected chi connectivity index (χ4v) is 9.75. The number of esters is 3. The normalized spacial score (nSPS) is 12.9. The molecule has 0 aromatic heterocycles. The summed E-state index contributed by atoms with van der Waals surface area (Å²) in [7, 11) is 0. The van der Waals surface area contributed by atoms with Crippen LogP contribution in [0.25, 0.3) is 0 Å². The number of hydrogen-bond donors (Lipinski definition) is 0. The standard InChI is InChI=1S/C77H130O6/c1-4-7-10-13-16-19-22-25-28-31-34-37-38-41-43-46-49-52-55-58-61-64-67-70-76(79)82-73-74(83-77(80)71-68-65-62-59-56-53-50-47-44-40-36-33-30-27-24-21-18-15-12-9-6-3)72-81-75(78)69-66-63-60-57-54-51-48-45-42-39-35-32-29-26-23-20-17-14-11-8-5-2/h7,9-10,12,16,18-19,21,25,27-28,30,32,34-37,40,47,50,74H,4-6,8,11,13-15,17,20,22-24,26,29,31,33,38-39,41-46,48-49,51-73H2,1-3H3/b10-7-,12-9-,19-16-,21-18-,28-25-,30-27-,35-32-,37-34-,40-36-,50-47-. The number of rotatable bonds is 63. The molecule has 0 saturated carbocycles. The van der Waals surface area contributed by atoms with E-state index in [1.54, 1.807) is 0 Å². The molecule has 474 valence electrons. The topological polar surface area (TPSA) is 78.9 Å². The fourth-order valence-electron chi connectivity index (χ4n) is 9.75. The monoisotopic (exact) mass is 1150 g/mol. The van der Waals surface area contributed by atoms with Gasteiger partial charge >= 0.3 is 17.9 Å². The lowest BCUT2D eigenvalue weighted by Gasteiger charge is -2.18. The van der Waals surface area contributed by atoms with Crippen molar-refractivity contribution in [2.45, 2.75) is 335 Å². The first kappa shape index (κ1) is 78.8. The molecule has 1 unspecified atom stereocenters. The lowest BCUT2D eigenvalue weighted by atomic mass is 10.1. The van der Waals surface area contributed by atoms with Crippen molar-refractivity contribution in [3.63, 3.8) is 0 Å². The quantitative estimate of drug-likeness (QED) is 0.0261. The molecule has 0 N–H and O–H groups in total. The van der Waals surface area contributed by atoms with E-state index in [0.717, 1.165) is 135 Å². The van der Waals surface area contributed by atoms with Crippen LogP contribution in [-0.4, -0.2) is 37.2 Å². The van der Waals surface area contributed by atoms with Gasteiger partial charge in [0.05, 0.1) is 0 Å². The van der Waals surface area contributed by atoms with Crippen LogP contribution in [0.15, 0.2) is 122 Å². The largest absolute Gasteiger partial charge is 0.462 e. The average Bonchev–Trinajstić information content (AvgIpc) is 3.49. The van der Waals surface area contributed by atoms with Crippen LogP contribution in [0, 0.1) is 0 Å². The number of allylic oxidation sites excluding steroid dienone is 20. The molecule has 6 nitrogen and oxygen atoms in total. The van der Waals surface area contributed by atoms with Crippen molar-refractivity contribution in [2.75, 3.05) is 13.2 Å². The summed E-state index contributed by atoms with van der Waals surface area (Å²) in [6, 6.07) is 0. The second-order valence-corrected chi connectivity index (χ2v) is 23.0. The van der Waals surface area contributed by atoms with Gasteiger partial charge in [-0.15, -0.1) is 0 Å². The summed E-state index contributed by atoms with van der Waals surface area (Å²) in [6.45, 7) is 6.43. The van der Waals surface area contributed by atoms with E-state index in [4.69, 9.17) is 14.2 Å². The molecule has 0 rings (SSSR count). The second kappa shape index (κ2) is 70.3. The number of carbonyl (C=O) groups is 3. The minimum Gasteiger partial charge on any atom is -0.462 e. The van der Waals surface area contributed by atoms with Gasteiger partial charge < -0.3 is 14.2 Å². The van der Waals surface area contributed by atoms with E-state index < -0.39 is 6.10 Å². The van der Waals surface area contributed by atoms with Gasteiger partial charge in [0.15, 0.2) is 6.10 Å². The predicted molar refractivity (Wildman–Crippen MR) is 362 cm³/mol. The molecule has 0 radical (unpaired) electrons. The van der Waals surface area contributed by atoms with Crippen LogP contribution in [0.5, 0.6) is 0 Å². The van der Waals surface area contributed by atoms with E-state index >= 15 is 0 Å². The Morgan fingerprint density at radius 3 is 0.747 bits per heavy atom. The van der Waals surface area contributed by atoms with Crippen LogP contribution in [0.4, 0.5) is 0 Å². The first-order chi connectivity index (χ1) is 41.0. The van der Waals surface area contributed by atoms with Crippen molar-refractivity contribution in [1.29, 1.82) is 0 Å². The van der Waals surface area contributed by atoms with Gasteiger partial charge in [0.25, 0.3) is 0 Å². The highest BCUT2D eigenvalue weighted by Crippen LogP contribution is 2.16. The maximum absolute atomic E-state index is 13.0. The Kier molecular flexibility index (Phi) is 66.7. The van der Waals surface area contributed by atoms with Crippen molar-refractivity contribution < 1.29 is 28.6 Å². The number of ether oxygens (including phenoxy) is 3. The number of hydrogen-bond acceptors (Lipinski definition) is 6. The molecule has 83 heavy (non-hydrogen) atoms. The SMILES string of the molecule is CC/C=C\C/C=C\C/C=C\C/C=C\C/C=C\CCCCCCCC(=O)OC(COC(=O)CCCCCCCCCCC/C=C\CCCCCCCCCC)COC(=O)CCCCCCCCCCCC/C=C\C/C=C\C/C=C\C/C=C\CC. The zero-order chi connectivity index (χ0) is 59.9. The van der Waals surface area contributed by atoms with E-state index in [0.29, 0.717) is 19.3 Å². The summed E-state index contributed by atoms with van der Waals surface area (Å²) in [5.41, 5.74) is 0. The molecule has 6 heteroatoms. The third-order valence-corrected chi connectivity index (χ3v) is 14.9. The van der Waals surface area contributed by atoms with Crippen LogP contribution >= 0.6 is 0 Å². The Bertz CT molecular complexity index is 1700. The summed E-state index contributed by atoms with van der Waals surface area (Å²) in [4.78, 5) is 38.5. The Labute approximate surface area is 513 Å². The van der Waals surface area contributed by atoms with Gasteiger partial charge in [-0.2, -0.15) is 0 Å². The summed E-state index contributed by atoms with van der Waals surface area (Å²) >= 11 is 0. The summed E-state index contributed by atoms with van der Waals surface area (Å²) in [6.07, 6.45) is 97.8. The van der Waals surface area contributed by atoms with Crippen LogP contribution in [0.1, 0.15) is 329 Å². The first-order valence-corrected chi connectivity index (χ1v) is 35.0. The van der Waals surface area contributed by atoms with Crippen LogP contribution in [0.3, 0.4) is 0 Å². The van der Waals surface area contributed by atoms with Gasteiger partial charge in [-0.3, -0.25) is 14.4 Å². The molecule has 0 spiro atoms. The van der Waals surface area contributed by atoms with Crippen molar-refractivity contribution in [1.82, 2.24) is 0 Å². The smallest absolute Gasteiger partial charge is 0.306 e. The maximum atomic E-state index is 13.0. The van der Waals surface area contributed by atoms with Crippen molar-refractivity contribution in [3.8, 4) is 0 Å². The third-order valence-electron chi connectivity index (χ3n) is 14.9. The molecule has 0 bridgehead atoms. The second-order valence-electron chi connectivity index (χ2n) is 23.0. The zero-order valence-corrected chi connectivity index (χ0v) is 54.4. The molecule has 0 aliphatic heterocycles. The summed E-state index contributed by atoms with van der Waals surface area (Å²) in [5.74, 6) is -0.903. The molecule has 0 saturated heterocycles. The van der Waals surface area contributed by atoms with E-state index in [1.165, 1.54) is 154 Å². The Hall–Kier alpha value is -4.19. The van der Waals surface area contributed by atoms with Crippen LogP contribution < -0.4 is 0 Å². The van der Waals surface area contributed by atoms with Gasteiger partial charge in [-0.1, -0.05) is 303 Å². The van der Waals surface area contributed by atoms with Crippen molar-refractivity contribution in [3.05, 3.63) is 122 Å². The summed E-state index contributed by atoms with van der Waals surface area (Å²) < 4.78 is 17.0. The maximum Gasteiger partial charge on any atom is 0.306 e. The van der Waals surface area contributed by atoms with E-state index in [9.17, 15) is 14.4 Å². The van der Waals surface area contributed by atoms with Gasteiger partial charge in [0.2, 0.25) is 0 Å². The summed E-state index contributed by atoms with van der Waals surface area (Å²) in [5, 5.41) is 0. The van der Waals surface area contributed by atoms with Gasteiger partial charge in [-0.05, 0) is 128 Å². The van der Waals surface area contributed by atoms with Gasteiger partial charge in [0.1, 0.15) is 13.2 Å². The zero-order valence-electron chi connectivity index (χ0n) is 54.4. The molecular weight excluding hydrogens is 1020 g/mol. The van der Waals surface area contributed by atoms with E-state index in [1.807, 2.05) is 0 Å². The highest BCUT2D eigenvalue weighted by atomic mass is 16.6. The molecule has 0 aliphatic rings. The molecule has 0 amide bonds. The van der Waals surface area contributed by atoms with Crippen LogP contribution in [0.2, 0.25) is 0 Å². The Morgan fingerprint density at radius 1 is 0.253 bits per heavy atom. The lowest BCUT2D eigenvalue weighted by Crippen LogP contribution is -2.30. The molecule has 0 aromatic carbocycles. The van der Waals surface area contributed by atoms with Gasteiger partial charge in [-0.25, -0.2) is 0 Å². The van der Waals surface area contributed by atoms with Gasteiger partial charge in [0, 0.05) is 19.3 Å². The molecule has 0 aromatic rings.